The molecule has 0 atom stereocenters. The Balaban J connectivity index is 1.65. The molecule has 0 fully saturated rings. The number of aryl methyl sites for hydroxylation is 2. The smallest absolute Gasteiger partial charge is 0.311 e. The summed E-state index contributed by atoms with van der Waals surface area (Å²) in [6.45, 7) is 57.3. The van der Waals surface area contributed by atoms with E-state index in [1.165, 1.54) is 22.3 Å². The van der Waals surface area contributed by atoms with Crippen molar-refractivity contribution in [3.05, 3.63) is 95.3 Å². The minimum atomic E-state index is -2.24. The minimum Gasteiger partial charge on any atom is -0.455 e. The Kier molecular flexibility index (Phi) is 27.2. The first-order chi connectivity index (χ1) is 32.4. The fourth-order valence-electron chi connectivity index (χ4n) is 9.16. The molecule has 2 rings (SSSR count). The van der Waals surface area contributed by atoms with Gasteiger partial charge < -0.3 is 43.6 Å². The maximum Gasteiger partial charge on any atom is 0.311 e. The second-order valence-corrected chi connectivity index (χ2v) is 67.1. The molecule has 0 amide bonds. The number of benzene rings is 2. The molecule has 0 heterocycles. The Bertz CT molecular complexity index is 1770. The van der Waals surface area contributed by atoms with E-state index in [-0.39, 0.29) is 6.79 Å². The molecular formula is C51H104O10Si10. The van der Waals surface area contributed by atoms with Crippen LogP contribution in [0.25, 0.3) is 0 Å². The van der Waals surface area contributed by atoms with Crippen LogP contribution in [0.5, 0.6) is 0 Å². The zero-order chi connectivity index (χ0) is 54.1. The molecule has 0 saturated carbocycles. The van der Waals surface area contributed by atoms with Gasteiger partial charge in [-0.1, -0.05) is 59.9 Å². The van der Waals surface area contributed by atoms with Gasteiger partial charge in [-0.15, -0.1) is 13.2 Å². The summed E-state index contributed by atoms with van der Waals surface area (Å²) in [5.74, 6) is 0. The van der Waals surface area contributed by atoms with Crippen molar-refractivity contribution in [2.24, 2.45) is 0 Å². The zero-order valence-corrected chi connectivity index (χ0v) is 58.9. The van der Waals surface area contributed by atoms with Gasteiger partial charge in [0.1, 0.15) is 6.79 Å². The molecule has 2 aromatic carbocycles. The zero-order valence-electron chi connectivity index (χ0n) is 48.9. The van der Waals surface area contributed by atoms with Crippen molar-refractivity contribution in [2.75, 3.05) is 33.2 Å². The molecule has 10 nitrogen and oxygen atoms in total. The van der Waals surface area contributed by atoms with Crippen LogP contribution < -0.4 is 0 Å². The van der Waals surface area contributed by atoms with Gasteiger partial charge in [-0.2, -0.15) is 0 Å². The number of ether oxygens (including phenoxy) is 4. The first kappa shape index (κ1) is 66.8. The van der Waals surface area contributed by atoms with E-state index in [0.29, 0.717) is 39.6 Å². The third-order valence-electron chi connectivity index (χ3n) is 12.3. The van der Waals surface area contributed by atoms with Crippen molar-refractivity contribution in [3.8, 4) is 0 Å². The number of hydrogen-bond donors (Lipinski definition) is 0. The molecule has 0 saturated heterocycles. The summed E-state index contributed by atoms with van der Waals surface area (Å²) in [5.41, 5.74) is 9.04. The third-order valence-corrected chi connectivity index (χ3v) is 49.3. The third kappa shape index (κ3) is 30.9. The van der Waals surface area contributed by atoms with Gasteiger partial charge in [-0.3, -0.25) is 0 Å². The highest BCUT2D eigenvalue weighted by Gasteiger charge is 2.42. The van der Waals surface area contributed by atoms with Gasteiger partial charge in [0.2, 0.25) is 0 Å². The van der Waals surface area contributed by atoms with Crippen LogP contribution in [0.15, 0.2) is 73.1 Å². The van der Waals surface area contributed by atoms with Crippen LogP contribution in [0.2, 0.25) is 167 Å². The number of hydrogen-bond acceptors (Lipinski definition) is 10. The van der Waals surface area contributed by atoms with Crippen molar-refractivity contribution < 1.29 is 43.6 Å². The Labute approximate surface area is 446 Å². The van der Waals surface area contributed by atoms with Gasteiger partial charge in [0.15, 0.2) is 66.5 Å². The van der Waals surface area contributed by atoms with Gasteiger partial charge in [0.05, 0.1) is 39.6 Å². The van der Waals surface area contributed by atoms with Crippen molar-refractivity contribution >= 4 is 83.7 Å². The van der Waals surface area contributed by atoms with Crippen LogP contribution >= 0.6 is 0 Å². The van der Waals surface area contributed by atoms with Crippen LogP contribution in [0, 0.1) is 0 Å². The monoisotopic (exact) mass is 1160 g/mol. The molecule has 0 bridgehead atoms. The van der Waals surface area contributed by atoms with Gasteiger partial charge in [-0.05, 0) is 202 Å². The van der Waals surface area contributed by atoms with E-state index < -0.39 is 83.7 Å². The Morgan fingerprint density at radius 1 is 0.352 bits per heavy atom. The molecule has 0 aromatic heterocycles. The minimum absolute atomic E-state index is 0.219. The summed E-state index contributed by atoms with van der Waals surface area (Å²) in [6, 6.07) is 24.2. The summed E-state index contributed by atoms with van der Waals surface area (Å²) in [5, 5.41) is 0. The molecule has 0 aliphatic carbocycles. The quantitative estimate of drug-likeness (QED) is 0.0368. The van der Waals surface area contributed by atoms with E-state index in [4.69, 9.17) is 43.6 Å². The van der Waals surface area contributed by atoms with Gasteiger partial charge in [0.25, 0.3) is 0 Å². The highest BCUT2D eigenvalue weighted by Crippen LogP contribution is 2.32. The van der Waals surface area contributed by atoms with E-state index in [1.807, 2.05) is 11.4 Å². The van der Waals surface area contributed by atoms with Gasteiger partial charge in [-0.25, -0.2) is 0 Å². The molecule has 0 aliphatic rings. The first-order valence-electron chi connectivity index (χ1n) is 26.3. The van der Waals surface area contributed by atoms with Crippen LogP contribution in [0.1, 0.15) is 22.3 Å². The van der Waals surface area contributed by atoms with Gasteiger partial charge >= 0.3 is 17.1 Å². The Morgan fingerprint density at radius 2 is 0.634 bits per heavy atom. The average Bonchev–Trinajstić information content (AvgIpc) is 3.21. The molecule has 71 heavy (non-hydrogen) atoms. The van der Waals surface area contributed by atoms with Crippen molar-refractivity contribution in [2.45, 2.75) is 193 Å². The SMILES string of the molecule is C=C[Si](C)(C)O[Si](C)(C)O[Si](C)(C)CC[Si](C)(C)O[Si](C)(C)CCc1cccc(COCCOCOCCOCc2cccc(CC[Si](C)(C)O[Si](C)(C)CC[Si](C)(C)O[Si](C)(C)O[Si](C)(C)C=C)c2)c1. The predicted octanol–water partition coefficient (Wildman–Crippen LogP) is 15.1. The molecule has 0 aliphatic heterocycles. The number of rotatable bonds is 38. The lowest BCUT2D eigenvalue weighted by Gasteiger charge is -2.39. The molecule has 0 spiro atoms. The largest absolute Gasteiger partial charge is 0.455 e. The highest BCUT2D eigenvalue weighted by molar-refractivity contribution is 6.92. The maximum atomic E-state index is 7.07. The summed E-state index contributed by atoms with van der Waals surface area (Å²) in [7, 11) is -19.6. The first-order valence-corrected chi connectivity index (χ1v) is 56.6. The molecule has 20 heteroatoms. The lowest BCUT2D eigenvalue weighted by Crippen LogP contribution is -2.52. The molecule has 2 aromatic rings. The Hall–Kier alpha value is -0.311. The van der Waals surface area contributed by atoms with Gasteiger partial charge in [0, 0.05) is 0 Å². The van der Waals surface area contributed by atoms with E-state index in [0.717, 1.165) is 49.1 Å². The van der Waals surface area contributed by atoms with E-state index in [1.54, 1.807) is 0 Å². The summed E-state index contributed by atoms with van der Waals surface area (Å²) in [6.07, 6.45) is 2.03. The van der Waals surface area contributed by atoms with E-state index in [9.17, 15) is 0 Å². The molecular weight excluding hydrogens is 1050 g/mol. The topological polar surface area (TPSA) is 92.3 Å². The van der Waals surface area contributed by atoms with Crippen LogP contribution in [-0.2, 0) is 69.7 Å². The predicted molar refractivity (Wildman–Crippen MR) is 327 cm³/mol. The molecule has 408 valence electrons. The average molecular weight is 1160 g/mol. The maximum absolute atomic E-state index is 7.07. The lowest BCUT2D eigenvalue weighted by atomic mass is 10.1. The second-order valence-electron chi connectivity index (χ2n) is 25.3. The summed E-state index contributed by atoms with van der Waals surface area (Å²) < 4.78 is 64.2. The molecule has 0 unspecified atom stereocenters. The lowest BCUT2D eigenvalue weighted by molar-refractivity contribution is -0.0836. The van der Waals surface area contributed by atoms with Crippen molar-refractivity contribution in [1.29, 1.82) is 0 Å². The van der Waals surface area contributed by atoms with E-state index in [2.05, 4.69) is 193 Å². The highest BCUT2D eigenvalue weighted by atomic mass is 28.5. The fourth-order valence-corrected chi connectivity index (χ4v) is 57.5. The van der Waals surface area contributed by atoms with Crippen LogP contribution in [0.3, 0.4) is 0 Å². The van der Waals surface area contributed by atoms with Crippen molar-refractivity contribution in [3.63, 3.8) is 0 Å². The fraction of sp³-hybridized carbons (Fsp3) is 0.686. The van der Waals surface area contributed by atoms with Crippen molar-refractivity contribution in [1.82, 2.24) is 0 Å². The normalized spacial score (nSPS) is 14.0. The van der Waals surface area contributed by atoms with Crippen LogP contribution in [-0.4, -0.2) is 117 Å². The molecule has 0 N–H and O–H groups in total. The standard InChI is InChI=1S/C51H104O10Si10/c1-23-62(3,4)58-70(19,20)60-68(15,16)41-39-66(11,12)56-64(7,8)37-31-48-27-25-29-50(43-48)45-52-33-35-54-47-55-36-34-53-46-51-30-26-28-49(44-51)32-38-65(9,10)57-67(13,14)40-42-69(17,18)61-71(21,22)59-63(5,6)24-2/h23-30,43-44H,1-2,31-42,45-47H2,3-22H3. The van der Waals surface area contributed by atoms with E-state index >= 15 is 0 Å². The summed E-state index contributed by atoms with van der Waals surface area (Å²) in [4.78, 5) is 0. The van der Waals surface area contributed by atoms with Crippen LogP contribution in [0.4, 0.5) is 0 Å². The molecule has 0 radical (unpaired) electrons. The Morgan fingerprint density at radius 3 is 0.958 bits per heavy atom. The summed E-state index contributed by atoms with van der Waals surface area (Å²) >= 11 is 0. The second kappa shape index (κ2) is 28.9.